The van der Waals surface area contributed by atoms with Gasteiger partial charge in [0, 0.05) is 30.7 Å². The van der Waals surface area contributed by atoms with E-state index in [-0.39, 0.29) is 5.41 Å². The molecular formula is C19H24N6O. The van der Waals surface area contributed by atoms with Crippen molar-refractivity contribution in [3.63, 3.8) is 0 Å². The average molecular weight is 352 g/mol. The number of H-pyrrole nitrogens is 1. The number of hydrogen-bond acceptors (Lipinski definition) is 6. The number of ether oxygens (including phenoxy) is 1. The van der Waals surface area contributed by atoms with Crippen molar-refractivity contribution in [3.8, 4) is 11.4 Å². The first-order valence-corrected chi connectivity index (χ1v) is 8.51. The van der Waals surface area contributed by atoms with E-state index < -0.39 is 0 Å². The van der Waals surface area contributed by atoms with Gasteiger partial charge in [-0.2, -0.15) is 5.10 Å². The molecule has 0 aliphatic rings. The third-order valence-corrected chi connectivity index (χ3v) is 3.83. The molecule has 3 aromatic rings. The van der Waals surface area contributed by atoms with Crippen LogP contribution in [-0.2, 0) is 23.3 Å². The average Bonchev–Trinajstić information content (AvgIpc) is 3.14. The molecule has 7 heteroatoms. The fraction of sp³-hybridized carbons (Fsp3) is 0.368. The van der Waals surface area contributed by atoms with E-state index in [0.29, 0.717) is 13.2 Å². The van der Waals surface area contributed by atoms with Crippen LogP contribution in [0.25, 0.3) is 11.4 Å². The maximum atomic E-state index is 5.24. The summed E-state index contributed by atoms with van der Waals surface area (Å²) in [6.07, 6.45) is 1.51. The number of benzene rings is 1. The smallest absolute Gasteiger partial charge is 0.155 e. The standard InChI is InChI=1S/C19H24N6O/c1-19(2,3)18-23-15(11-26-4)9-16(24-18)20-10-13-6-5-7-14(8-13)17-21-12-22-25-17/h5-9,12H,10-11H2,1-4H3,(H,20,23,24)(H,21,22,25). The maximum Gasteiger partial charge on any atom is 0.155 e. The number of hydrogen-bond donors (Lipinski definition) is 2. The molecule has 0 fully saturated rings. The first-order chi connectivity index (χ1) is 12.5. The monoisotopic (exact) mass is 352 g/mol. The van der Waals surface area contributed by atoms with Crippen molar-refractivity contribution in [1.82, 2.24) is 25.1 Å². The van der Waals surface area contributed by atoms with Crippen LogP contribution in [0.5, 0.6) is 0 Å². The molecular weight excluding hydrogens is 328 g/mol. The molecule has 0 atom stereocenters. The van der Waals surface area contributed by atoms with E-state index in [9.17, 15) is 0 Å². The van der Waals surface area contributed by atoms with E-state index in [1.54, 1.807) is 7.11 Å². The van der Waals surface area contributed by atoms with Gasteiger partial charge in [-0.3, -0.25) is 5.10 Å². The van der Waals surface area contributed by atoms with Gasteiger partial charge in [0.15, 0.2) is 5.82 Å². The topological polar surface area (TPSA) is 88.6 Å². The van der Waals surface area contributed by atoms with Crippen LogP contribution in [0.2, 0.25) is 0 Å². The number of rotatable bonds is 6. The highest BCUT2D eigenvalue weighted by atomic mass is 16.5. The quantitative estimate of drug-likeness (QED) is 0.707. The van der Waals surface area contributed by atoms with Gasteiger partial charge in [0.1, 0.15) is 18.0 Å². The van der Waals surface area contributed by atoms with E-state index in [1.807, 2.05) is 18.2 Å². The number of anilines is 1. The lowest BCUT2D eigenvalue weighted by molar-refractivity contribution is 0.181. The highest BCUT2D eigenvalue weighted by molar-refractivity contribution is 5.55. The zero-order chi connectivity index (χ0) is 18.6. The second kappa shape index (κ2) is 7.61. The van der Waals surface area contributed by atoms with Crippen molar-refractivity contribution in [3.05, 3.63) is 53.7 Å². The Bertz CT molecular complexity index is 855. The second-order valence-electron chi connectivity index (χ2n) is 7.14. The molecule has 0 saturated heterocycles. The summed E-state index contributed by atoms with van der Waals surface area (Å²) in [4.78, 5) is 13.5. The van der Waals surface area contributed by atoms with Crippen molar-refractivity contribution < 1.29 is 4.74 Å². The zero-order valence-electron chi connectivity index (χ0n) is 15.6. The first-order valence-electron chi connectivity index (χ1n) is 8.51. The fourth-order valence-electron chi connectivity index (χ4n) is 2.51. The van der Waals surface area contributed by atoms with Crippen molar-refractivity contribution in [1.29, 1.82) is 0 Å². The molecule has 0 amide bonds. The number of methoxy groups -OCH3 is 1. The molecule has 0 bridgehead atoms. The van der Waals surface area contributed by atoms with Gasteiger partial charge in [-0.15, -0.1) is 0 Å². The van der Waals surface area contributed by atoms with E-state index in [2.05, 4.69) is 63.4 Å². The van der Waals surface area contributed by atoms with Crippen LogP contribution in [0, 0.1) is 0 Å². The molecule has 1 aromatic carbocycles. The summed E-state index contributed by atoms with van der Waals surface area (Å²) in [5, 5.41) is 10.2. The van der Waals surface area contributed by atoms with E-state index >= 15 is 0 Å². The lowest BCUT2D eigenvalue weighted by atomic mass is 9.95. The van der Waals surface area contributed by atoms with Gasteiger partial charge in [0.25, 0.3) is 0 Å². The molecule has 2 aromatic heterocycles. The number of aromatic amines is 1. The SMILES string of the molecule is COCc1cc(NCc2cccc(-c3ncn[nH]3)c2)nc(C(C)(C)C)n1. The largest absolute Gasteiger partial charge is 0.378 e. The van der Waals surface area contributed by atoms with Crippen LogP contribution in [0.4, 0.5) is 5.82 Å². The molecule has 0 spiro atoms. The normalized spacial score (nSPS) is 11.5. The Morgan fingerprint density at radius 1 is 1.15 bits per heavy atom. The Balaban J connectivity index is 1.79. The molecule has 0 unspecified atom stereocenters. The van der Waals surface area contributed by atoms with Crippen molar-refractivity contribution in [2.75, 3.05) is 12.4 Å². The van der Waals surface area contributed by atoms with Crippen LogP contribution >= 0.6 is 0 Å². The van der Waals surface area contributed by atoms with Gasteiger partial charge in [0.05, 0.1) is 12.3 Å². The summed E-state index contributed by atoms with van der Waals surface area (Å²) in [6.45, 7) is 7.41. The first kappa shape index (κ1) is 18.0. The summed E-state index contributed by atoms with van der Waals surface area (Å²) in [7, 11) is 1.67. The highest BCUT2D eigenvalue weighted by Crippen LogP contribution is 2.21. The summed E-state index contributed by atoms with van der Waals surface area (Å²) in [5.41, 5.74) is 2.86. The third kappa shape index (κ3) is 4.43. The Kier molecular flexibility index (Phi) is 5.27. The number of nitrogens with zero attached hydrogens (tertiary/aromatic N) is 4. The van der Waals surface area contributed by atoms with Crippen LogP contribution < -0.4 is 5.32 Å². The molecule has 0 aliphatic carbocycles. The van der Waals surface area contributed by atoms with Crippen LogP contribution in [0.15, 0.2) is 36.7 Å². The Hall–Kier alpha value is -2.80. The summed E-state index contributed by atoms with van der Waals surface area (Å²) < 4.78 is 5.24. The van der Waals surface area contributed by atoms with Gasteiger partial charge < -0.3 is 10.1 Å². The molecule has 3 rings (SSSR count). The Morgan fingerprint density at radius 3 is 2.69 bits per heavy atom. The minimum atomic E-state index is -0.133. The lowest BCUT2D eigenvalue weighted by Gasteiger charge is -2.19. The van der Waals surface area contributed by atoms with Crippen molar-refractivity contribution >= 4 is 5.82 Å². The highest BCUT2D eigenvalue weighted by Gasteiger charge is 2.19. The minimum Gasteiger partial charge on any atom is -0.378 e. The second-order valence-corrected chi connectivity index (χ2v) is 7.14. The number of nitrogens with one attached hydrogen (secondary N) is 2. The van der Waals surface area contributed by atoms with Gasteiger partial charge in [-0.05, 0) is 11.6 Å². The van der Waals surface area contributed by atoms with Crippen molar-refractivity contribution in [2.24, 2.45) is 0 Å². The predicted octanol–water partition coefficient (Wildman–Crippen LogP) is 3.32. The summed E-state index contributed by atoms with van der Waals surface area (Å²) in [6, 6.07) is 10.1. The summed E-state index contributed by atoms with van der Waals surface area (Å²) >= 11 is 0. The van der Waals surface area contributed by atoms with Crippen LogP contribution in [0.1, 0.15) is 37.9 Å². The molecule has 2 heterocycles. The van der Waals surface area contributed by atoms with Gasteiger partial charge in [0.2, 0.25) is 0 Å². The molecule has 2 N–H and O–H groups in total. The molecule has 0 saturated carbocycles. The van der Waals surface area contributed by atoms with Gasteiger partial charge >= 0.3 is 0 Å². The van der Waals surface area contributed by atoms with E-state index in [0.717, 1.165) is 34.3 Å². The Morgan fingerprint density at radius 2 is 2.00 bits per heavy atom. The van der Waals surface area contributed by atoms with Gasteiger partial charge in [-0.1, -0.05) is 39.0 Å². The van der Waals surface area contributed by atoms with E-state index in [4.69, 9.17) is 4.74 Å². The number of aromatic nitrogens is 5. The van der Waals surface area contributed by atoms with Crippen LogP contribution in [0.3, 0.4) is 0 Å². The molecule has 136 valence electrons. The predicted molar refractivity (Wildman–Crippen MR) is 101 cm³/mol. The summed E-state index contributed by atoms with van der Waals surface area (Å²) in [5.74, 6) is 2.35. The third-order valence-electron chi connectivity index (χ3n) is 3.83. The van der Waals surface area contributed by atoms with Gasteiger partial charge in [-0.25, -0.2) is 15.0 Å². The molecule has 0 radical (unpaired) electrons. The zero-order valence-corrected chi connectivity index (χ0v) is 15.6. The molecule has 7 nitrogen and oxygen atoms in total. The molecule has 0 aliphatic heterocycles. The fourth-order valence-corrected chi connectivity index (χ4v) is 2.51. The van der Waals surface area contributed by atoms with Crippen LogP contribution in [-0.4, -0.2) is 32.3 Å². The minimum absolute atomic E-state index is 0.133. The Labute approximate surface area is 153 Å². The van der Waals surface area contributed by atoms with Crippen molar-refractivity contribution in [2.45, 2.75) is 39.3 Å². The molecule has 26 heavy (non-hydrogen) atoms. The maximum absolute atomic E-state index is 5.24. The lowest BCUT2D eigenvalue weighted by Crippen LogP contribution is -2.18. The van der Waals surface area contributed by atoms with E-state index in [1.165, 1.54) is 6.33 Å².